The van der Waals surface area contributed by atoms with E-state index in [-0.39, 0.29) is 18.4 Å². The molecule has 0 unspecified atom stereocenters. The van der Waals surface area contributed by atoms with Gasteiger partial charge in [-0.15, -0.1) is 12.4 Å². The summed E-state index contributed by atoms with van der Waals surface area (Å²) in [6.07, 6.45) is 0.788. The minimum atomic E-state index is 0. The van der Waals surface area contributed by atoms with Gasteiger partial charge in [0.2, 0.25) is 0 Å². The van der Waals surface area contributed by atoms with E-state index < -0.39 is 0 Å². The highest BCUT2D eigenvalue weighted by atomic mass is 127. The number of benzene rings is 1. The number of rotatable bonds is 4. The highest BCUT2D eigenvalue weighted by molar-refractivity contribution is 14.1. The van der Waals surface area contributed by atoms with Crippen LogP contribution >= 0.6 is 35.0 Å². The fourth-order valence-corrected chi connectivity index (χ4v) is 2.09. The van der Waals surface area contributed by atoms with Gasteiger partial charge in [-0.2, -0.15) is 0 Å². The third-order valence-corrected chi connectivity index (χ3v) is 2.94. The van der Waals surface area contributed by atoms with Gasteiger partial charge >= 0.3 is 0 Å². The molecule has 0 radical (unpaired) electrons. The molecule has 0 bridgehead atoms. The smallest absolute Gasteiger partial charge is 0.132 e. The topological polar surface area (TPSA) is 44.5 Å². The summed E-state index contributed by atoms with van der Waals surface area (Å²) in [5.74, 6) is 1.74. The van der Waals surface area contributed by atoms with Gasteiger partial charge in [-0.3, -0.25) is 0 Å². The van der Waals surface area contributed by atoms with E-state index in [1.54, 1.807) is 14.2 Å². The first-order chi connectivity index (χ1) is 7.08. The summed E-state index contributed by atoms with van der Waals surface area (Å²) in [5, 5.41) is 0. The molecule has 0 amide bonds. The Bertz CT molecular complexity index is 345. The van der Waals surface area contributed by atoms with E-state index in [0.29, 0.717) is 0 Å². The summed E-state index contributed by atoms with van der Waals surface area (Å²) in [7, 11) is 3.34. The average molecular weight is 358 g/mol. The Balaban J connectivity index is 0.00000225. The highest BCUT2D eigenvalue weighted by Gasteiger charge is 2.10. The molecule has 0 saturated heterocycles. The molecule has 0 aliphatic carbocycles. The predicted octanol–water partition coefficient (Wildman–Crippen LogP) is 2.62. The van der Waals surface area contributed by atoms with Gasteiger partial charge in [-0.1, -0.05) is 0 Å². The number of halogens is 2. The van der Waals surface area contributed by atoms with Gasteiger partial charge < -0.3 is 15.2 Å². The van der Waals surface area contributed by atoms with Gasteiger partial charge in [0.1, 0.15) is 11.5 Å². The molecular weight excluding hydrogens is 340 g/mol. The third kappa shape index (κ3) is 3.99. The quantitative estimate of drug-likeness (QED) is 0.843. The number of hydrogen-bond donors (Lipinski definition) is 1. The minimum absolute atomic E-state index is 0. The molecule has 1 aromatic rings. The van der Waals surface area contributed by atoms with Gasteiger partial charge in [-0.25, -0.2) is 0 Å². The van der Waals surface area contributed by atoms with Gasteiger partial charge in [0.25, 0.3) is 0 Å². The molecule has 0 aliphatic heterocycles. The molecule has 5 heteroatoms. The molecule has 1 atom stereocenters. The lowest BCUT2D eigenvalue weighted by Gasteiger charge is -2.13. The van der Waals surface area contributed by atoms with E-state index in [4.69, 9.17) is 15.2 Å². The van der Waals surface area contributed by atoms with Crippen LogP contribution in [0.5, 0.6) is 11.5 Å². The van der Waals surface area contributed by atoms with Crippen molar-refractivity contribution in [3.63, 3.8) is 0 Å². The number of nitrogens with two attached hydrogens (primary N) is 1. The number of hydrogen-bond acceptors (Lipinski definition) is 3. The van der Waals surface area contributed by atoms with E-state index in [1.807, 2.05) is 19.1 Å². The zero-order valence-electron chi connectivity index (χ0n) is 9.62. The van der Waals surface area contributed by atoms with E-state index >= 15 is 0 Å². The van der Waals surface area contributed by atoms with Crippen molar-refractivity contribution in [3.8, 4) is 11.5 Å². The van der Waals surface area contributed by atoms with E-state index in [9.17, 15) is 0 Å². The van der Waals surface area contributed by atoms with Crippen LogP contribution in [0, 0.1) is 3.57 Å². The Morgan fingerprint density at radius 3 is 2.25 bits per heavy atom. The van der Waals surface area contributed by atoms with Crippen molar-refractivity contribution in [2.75, 3.05) is 14.2 Å². The summed E-state index contributed by atoms with van der Waals surface area (Å²) in [5.41, 5.74) is 6.87. The molecule has 0 saturated carbocycles. The van der Waals surface area contributed by atoms with Crippen molar-refractivity contribution in [3.05, 3.63) is 21.3 Å². The second kappa shape index (κ2) is 7.19. The maximum atomic E-state index is 5.78. The summed E-state index contributed by atoms with van der Waals surface area (Å²) in [6, 6.07) is 4.07. The van der Waals surface area contributed by atoms with Crippen LogP contribution in [0.2, 0.25) is 0 Å². The first-order valence-corrected chi connectivity index (χ1v) is 5.82. The Morgan fingerprint density at radius 2 is 1.81 bits per heavy atom. The summed E-state index contributed by atoms with van der Waals surface area (Å²) in [4.78, 5) is 0. The predicted molar refractivity (Wildman–Crippen MR) is 76.9 cm³/mol. The summed E-state index contributed by atoms with van der Waals surface area (Å²) < 4.78 is 11.6. The molecule has 0 spiro atoms. The maximum absolute atomic E-state index is 5.78. The molecule has 2 N–H and O–H groups in total. The normalized spacial score (nSPS) is 11.6. The summed E-state index contributed by atoms with van der Waals surface area (Å²) in [6.45, 7) is 1.98. The lowest BCUT2D eigenvalue weighted by atomic mass is 10.1. The maximum Gasteiger partial charge on any atom is 0.132 e. The Labute approximate surface area is 116 Å². The van der Waals surface area contributed by atoms with Crippen molar-refractivity contribution >= 4 is 35.0 Å². The zero-order valence-corrected chi connectivity index (χ0v) is 12.6. The minimum Gasteiger partial charge on any atom is -0.496 e. The lowest BCUT2D eigenvalue weighted by molar-refractivity contribution is 0.395. The van der Waals surface area contributed by atoms with E-state index in [0.717, 1.165) is 27.1 Å². The molecule has 0 aliphatic rings. The SMILES string of the molecule is COc1cc(C[C@@H](C)N)c(OC)cc1I.Cl. The number of ether oxygens (including phenoxy) is 2. The van der Waals surface area contributed by atoms with Crippen molar-refractivity contribution < 1.29 is 9.47 Å². The van der Waals surface area contributed by atoms with Crippen molar-refractivity contribution in [1.29, 1.82) is 0 Å². The monoisotopic (exact) mass is 357 g/mol. The molecular formula is C11H17ClINO2. The van der Waals surface area contributed by atoms with Crippen LogP contribution in [-0.4, -0.2) is 20.3 Å². The van der Waals surface area contributed by atoms with Crippen LogP contribution < -0.4 is 15.2 Å². The number of methoxy groups -OCH3 is 2. The Kier molecular flexibility index (Phi) is 7.10. The van der Waals surface area contributed by atoms with Gasteiger partial charge in [-0.05, 0) is 53.6 Å². The molecule has 1 aromatic carbocycles. The van der Waals surface area contributed by atoms with Crippen LogP contribution in [0.1, 0.15) is 12.5 Å². The van der Waals surface area contributed by atoms with Crippen LogP contribution in [0.4, 0.5) is 0 Å². The second-order valence-electron chi connectivity index (χ2n) is 3.48. The van der Waals surface area contributed by atoms with E-state index in [2.05, 4.69) is 22.6 Å². The molecule has 0 aromatic heterocycles. The highest BCUT2D eigenvalue weighted by Crippen LogP contribution is 2.30. The van der Waals surface area contributed by atoms with Gasteiger partial charge in [0.05, 0.1) is 17.8 Å². The molecule has 92 valence electrons. The van der Waals surface area contributed by atoms with Gasteiger partial charge in [0.15, 0.2) is 0 Å². The van der Waals surface area contributed by atoms with Crippen molar-refractivity contribution in [2.45, 2.75) is 19.4 Å². The molecule has 3 nitrogen and oxygen atoms in total. The molecule has 1 rings (SSSR count). The van der Waals surface area contributed by atoms with Crippen LogP contribution in [-0.2, 0) is 6.42 Å². The summed E-state index contributed by atoms with van der Waals surface area (Å²) >= 11 is 2.22. The fraction of sp³-hybridized carbons (Fsp3) is 0.455. The third-order valence-electron chi connectivity index (χ3n) is 2.10. The lowest BCUT2D eigenvalue weighted by Crippen LogP contribution is -2.18. The Hall–Kier alpha value is -0.200. The van der Waals surface area contributed by atoms with Crippen molar-refractivity contribution in [1.82, 2.24) is 0 Å². The molecule has 0 heterocycles. The first kappa shape index (κ1) is 15.8. The average Bonchev–Trinajstić information content (AvgIpc) is 2.19. The zero-order chi connectivity index (χ0) is 11.4. The standard InChI is InChI=1S/C11H16INO2.ClH/c1-7(13)4-8-5-11(15-3)9(12)6-10(8)14-2;/h5-7H,4,13H2,1-3H3;1H/t7-;/m1./s1. The van der Waals surface area contributed by atoms with Gasteiger partial charge in [0, 0.05) is 6.04 Å². The van der Waals surface area contributed by atoms with Crippen molar-refractivity contribution in [2.24, 2.45) is 5.73 Å². The first-order valence-electron chi connectivity index (χ1n) is 4.74. The van der Waals surface area contributed by atoms with Crippen LogP contribution in [0.15, 0.2) is 12.1 Å². The van der Waals surface area contributed by atoms with Crippen LogP contribution in [0.3, 0.4) is 0 Å². The van der Waals surface area contributed by atoms with Crippen LogP contribution in [0.25, 0.3) is 0 Å². The Morgan fingerprint density at radius 1 is 1.25 bits per heavy atom. The van der Waals surface area contributed by atoms with E-state index in [1.165, 1.54) is 0 Å². The second-order valence-corrected chi connectivity index (χ2v) is 4.64. The largest absolute Gasteiger partial charge is 0.496 e. The fourth-order valence-electron chi connectivity index (χ4n) is 1.43. The molecule has 16 heavy (non-hydrogen) atoms. The molecule has 0 fully saturated rings.